The third-order valence-electron chi connectivity index (χ3n) is 8.11. The molecule has 4 rings (SSSR count). The predicted octanol–water partition coefficient (Wildman–Crippen LogP) is 5.31. The molecule has 4 atom stereocenters. The van der Waals surface area contributed by atoms with Gasteiger partial charge in [0.25, 0.3) is 5.91 Å². The topological polar surface area (TPSA) is 97.0 Å². The molecule has 2 aliphatic rings. The number of halogens is 1. The number of hydrogen-bond donors (Lipinski definition) is 2. The average molecular weight is 616 g/mol. The fraction of sp³-hybridized carbons (Fsp3) is 0.500. The van der Waals surface area contributed by atoms with E-state index in [1.807, 2.05) is 30.4 Å². The van der Waals surface area contributed by atoms with E-state index in [4.69, 9.17) is 21.1 Å². The summed E-state index contributed by atoms with van der Waals surface area (Å²) in [6, 6.07) is 11.3. The van der Waals surface area contributed by atoms with Crippen molar-refractivity contribution < 1.29 is 23.3 Å². The first-order valence-corrected chi connectivity index (χ1v) is 16.2. The molecule has 8 nitrogen and oxygen atoms in total. The molecule has 0 aliphatic carbocycles. The molecule has 0 saturated heterocycles. The number of carbonyl (C=O) groups is 2. The number of aryl methyl sites for hydroxylation is 1. The van der Waals surface area contributed by atoms with E-state index in [1.165, 1.54) is 11.1 Å². The zero-order chi connectivity index (χ0) is 30.3. The maximum atomic E-state index is 13.3. The van der Waals surface area contributed by atoms with Gasteiger partial charge in [-0.25, -0.2) is 4.21 Å². The van der Waals surface area contributed by atoms with Crippen molar-refractivity contribution in [3.63, 3.8) is 0 Å². The van der Waals surface area contributed by atoms with E-state index >= 15 is 0 Å². The minimum absolute atomic E-state index is 0.0808. The Morgan fingerprint density at radius 1 is 1.21 bits per heavy atom. The Labute approximate surface area is 256 Å². The van der Waals surface area contributed by atoms with Gasteiger partial charge in [-0.05, 0) is 74.1 Å². The summed E-state index contributed by atoms with van der Waals surface area (Å²) in [7, 11) is -1.79. The molecule has 0 saturated carbocycles. The standard InChI is InChI=1S/C32H42ClN3O5S/c1-5-8-23-17-25(33)10-12-27(23)24-19-36-15-14-22(6-2)28(34-21-37)9-7-16-41-32(3,4)31(38)35-42(39)26-11-13-30(40-20-24)29(36)18-26/h7,9-13,17-18,21-22,24,28H,5-6,8,14-16,19-20H2,1-4H3,(H,34,37)(H,35,38)/b9-7+. The zero-order valence-electron chi connectivity index (χ0n) is 24.9. The van der Waals surface area contributed by atoms with Crippen LogP contribution >= 0.6 is 11.6 Å². The average Bonchev–Trinajstić information content (AvgIpc) is 3.14. The Bertz CT molecular complexity index is 1320. The van der Waals surface area contributed by atoms with Crippen LogP contribution in [-0.4, -0.2) is 54.5 Å². The number of anilines is 1. The molecule has 2 aliphatic heterocycles. The van der Waals surface area contributed by atoms with Crippen molar-refractivity contribution in [2.45, 2.75) is 75.8 Å². The van der Waals surface area contributed by atoms with Gasteiger partial charge in [-0.3, -0.25) is 14.3 Å². The van der Waals surface area contributed by atoms with Gasteiger partial charge in [0.1, 0.15) is 11.4 Å². The van der Waals surface area contributed by atoms with Crippen LogP contribution in [-0.2, 0) is 31.7 Å². The van der Waals surface area contributed by atoms with Crippen LogP contribution in [0, 0.1) is 5.92 Å². The molecule has 4 unspecified atom stereocenters. The highest BCUT2D eigenvalue weighted by Crippen LogP contribution is 2.38. The number of benzene rings is 2. The van der Waals surface area contributed by atoms with Crippen LogP contribution < -0.4 is 19.7 Å². The summed E-state index contributed by atoms with van der Waals surface area (Å²) in [5, 5.41) is 3.69. The highest BCUT2D eigenvalue weighted by atomic mass is 35.5. The van der Waals surface area contributed by atoms with Crippen molar-refractivity contribution in [3.8, 4) is 5.75 Å². The molecule has 2 aromatic carbocycles. The second-order valence-corrected chi connectivity index (χ2v) is 13.0. The van der Waals surface area contributed by atoms with Gasteiger partial charge in [-0.2, -0.15) is 0 Å². The molecule has 10 heteroatoms. The van der Waals surface area contributed by atoms with Crippen LogP contribution in [0.3, 0.4) is 0 Å². The van der Waals surface area contributed by atoms with Gasteiger partial charge >= 0.3 is 0 Å². The lowest BCUT2D eigenvalue weighted by Crippen LogP contribution is -2.45. The smallest absolute Gasteiger partial charge is 0.263 e. The van der Waals surface area contributed by atoms with E-state index in [9.17, 15) is 13.8 Å². The number of hydrogen-bond acceptors (Lipinski definition) is 6. The Balaban J connectivity index is 1.75. The first kappa shape index (κ1) is 32.0. The van der Waals surface area contributed by atoms with Crippen LogP contribution in [0.25, 0.3) is 0 Å². The second kappa shape index (κ2) is 14.5. The maximum absolute atomic E-state index is 13.3. The van der Waals surface area contributed by atoms with Crippen molar-refractivity contribution in [3.05, 3.63) is 64.7 Å². The Morgan fingerprint density at radius 2 is 2.02 bits per heavy atom. The molecular formula is C32H42ClN3O5S. The highest BCUT2D eigenvalue weighted by molar-refractivity contribution is 7.83. The van der Waals surface area contributed by atoms with E-state index in [-0.39, 0.29) is 24.5 Å². The largest absolute Gasteiger partial charge is 0.491 e. The van der Waals surface area contributed by atoms with E-state index in [1.54, 1.807) is 19.9 Å². The Kier molecular flexibility index (Phi) is 11.1. The first-order chi connectivity index (χ1) is 20.2. The van der Waals surface area contributed by atoms with Gasteiger partial charge in [0.15, 0.2) is 11.0 Å². The van der Waals surface area contributed by atoms with Crippen molar-refractivity contribution in [2.75, 3.05) is 31.2 Å². The molecule has 0 radical (unpaired) electrons. The van der Waals surface area contributed by atoms with Crippen LogP contribution in [0.2, 0.25) is 5.02 Å². The predicted molar refractivity (Wildman–Crippen MR) is 167 cm³/mol. The van der Waals surface area contributed by atoms with Crippen LogP contribution in [0.4, 0.5) is 5.69 Å². The van der Waals surface area contributed by atoms with Gasteiger partial charge in [0.2, 0.25) is 6.41 Å². The minimum atomic E-state index is -1.79. The van der Waals surface area contributed by atoms with Gasteiger partial charge in [0.05, 0.1) is 23.8 Å². The van der Waals surface area contributed by atoms with Crippen LogP contribution in [0.1, 0.15) is 64.0 Å². The summed E-state index contributed by atoms with van der Waals surface area (Å²) in [4.78, 5) is 27.3. The van der Waals surface area contributed by atoms with Gasteiger partial charge in [-0.15, -0.1) is 0 Å². The van der Waals surface area contributed by atoms with Crippen molar-refractivity contribution in [2.24, 2.45) is 5.92 Å². The SMILES string of the molecule is CCCc1cc(Cl)ccc1C1COc2ccc3cc2N(CCC(CC)C(NC=O)/C=C/COC(C)(C)C(=O)NS3=O)C1. The van der Waals surface area contributed by atoms with Crippen molar-refractivity contribution in [1.82, 2.24) is 10.0 Å². The second-order valence-electron chi connectivity index (χ2n) is 11.4. The molecule has 2 aromatic rings. The number of nitrogens with one attached hydrogen (secondary N) is 2. The quantitative estimate of drug-likeness (QED) is 0.338. The fourth-order valence-corrected chi connectivity index (χ4v) is 6.76. The van der Waals surface area contributed by atoms with E-state index in [0.717, 1.165) is 42.8 Å². The highest BCUT2D eigenvalue weighted by Gasteiger charge is 2.32. The van der Waals surface area contributed by atoms with Gasteiger partial charge < -0.3 is 19.7 Å². The number of ether oxygens (including phenoxy) is 2. The molecule has 0 spiro atoms. The molecule has 42 heavy (non-hydrogen) atoms. The summed E-state index contributed by atoms with van der Waals surface area (Å²) in [6.45, 7) is 9.60. The maximum Gasteiger partial charge on any atom is 0.263 e. The molecular weight excluding hydrogens is 574 g/mol. The molecule has 2 bridgehead atoms. The molecule has 228 valence electrons. The lowest BCUT2D eigenvalue weighted by molar-refractivity contribution is -0.139. The third kappa shape index (κ3) is 7.74. The molecule has 2 heterocycles. The number of nitrogens with zero attached hydrogens (tertiary/aromatic N) is 1. The summed E-state index contributed by atoms with van der Waals surface area (Å²) in [6.07, 6.45) is 8.08. The van der Waals surface area contributed by atoms with Gasteiger partial charge in [-0.1, -0.05) is 56.5 Å². The normalized spacial score (nSPS) is 25.5. The fourth-order valence-electron chi connectivity index (χ4n) is 5.62. The lowest BCUT2D eigenvalue weighted by atomic mass is 9.90. The van der Waals surface area contributed by atoms with E-state index in [0.29, 0.717) is 30.3 Å². The van der Waals surface area contributed by atoms with Crippen molar-refractivity contribution >= 4 is 40.6 Å². The van der Waals surface area contributed by atoms with E-state index in [2.05, 4.69) is 40.9 Å². The molecule has 2 N–H and O–H groups in total. The van der Waals surface area contributed by atoms with Crippen LogP contribution in [0.5, 0.6) is 5.75 Å². The van der Waals surface area contributed by atoms with E-state index < -0.39 is 22.5 Å². The minimum Gasteiger partial charge on any atom is -0.491 e. The lowest BCUT2D eigenvalue weighted by Gasteiger charge is -2.31. The number of carbonyl (C=O) groups excluding carboxylic acids is 2. The molecule has 2 amide bonds. The van der Waals surface area contributed by atoms with Gasteiger partial charge in [0, 0.05) is 30.1 Å². The summed E-state index contributed by atoms with van der Waals surface area (Å²) < 4.78 is 28.1. The Morgan fingerprint density at radius 3 is 2.76 bits per heavy atom. The number of fused-ring (bicyclic) bond motifs is 1. The monoisotopic (exact) mass is 615 g/mol. The molecule has 0 fully saturated rings. The van der Waals surface area contributed by atoms with Crippen LogP contribution in [0.15, 0.2) is 53.4 Å². The zero-order valence-corrected chi connectivity index (χ0v) is 26.4. The van der Waals surface area contributed by atoms with Crippen molar-refractivity contribution in [1.29, 1.82) is 0 Å². The third-order valence-corrected chi connectivity index (χ3v) is 9.40. The number of amides is 2. The summed E-state index contributed by atoms with van der Waals surface area (Å²) in [5.41, 5.74) is 2.06. The summed E-state index contributed by atoms with van der Waals surface area (Å²) >= 11 is 6.38. The number of rotatable bonds is 6. The molecule has 0 aromatic heterocycles. The first-order valence-electron chi connectivity index (χ1n) is 14.7. The Hall–Kier alpha value is -2.88. The summed E-state index contributed by atoms with van der Waals surface area (Å²) in [5.74, 6) is 0.461.